The van der Waals surface area contributed by atoms with Gasteiger partial charge in [0.05, 0.1) is 0 Å². The fourth-order valence-corrected chi connectivity index (χ4v) is 3.11. The number of amides is 4. The van der Waals surface area contributed by atoms with E-state index in [1.54, 1.807) is 31.2 Å². The average Bonchev–Trinajstić information content (AvgIpc) is 2.77. The summed E-state index contributed by atoms with van der Waals surface area (Å²) in [7, 11) is 0. The Balaban J connectivity index is 1.92. The number of benzene rings is 1. The number of urea groups is 1. The molecule has 1 aromatic rings. The number of hydrogen-bond acceptors (Lipinski definition) is 3. The Morgan fingerprint density at radius 3 is 2.52 bits per heavy atom. The second-order valence-corrected chi connectivity index (χ2v) is 7.43. The van der Waals surface area contributed by atoms with Crippen molar-refractivity contribution >= 4 is 39.5 Å². The lowest BCUT2D eigenvalue weighted by Gasteiger charge is -2.21. The van der Waals surface area contributed by atoms with Gasteiger partial charge in [-0.15, -0.1) is 0 Å². The summed E-state index contributed by atoms with van der Waals surface area (Å²) in [6.45, 7) is 3.56. The maximum absolute atomic E-state index is 12.6. The molecule has 0 bridgehead atoms. The Kier molecular flexibility index (Phi) is 6.58. The molecule has 1 heterocycles. The van der Waals surface area contributed by atoms with Crippen LogP contribution in [0.5, 0.6) is 0 Å². The van der Waals surface area contributed by atoms with E-state index in [9.17, 15) is 14.4 Å². The number of rotatable bonds is 8. The first kappa shape index (κ1) is 19.4. The Labute approximate surface area is 156 Å². The largest absolute Gasteiger partial charge is 0.325 e. The zero-order chi connectivity index (χ0) is 18.4. The van der Waals surface area contributed by atoms with E-state index < -0.39 is 17.5 Å². The second kappa shape index (κ2) is 8.47. The molecule has 6 nitrogen and oxygen atoms in total. The molecule has 2 N–H and O–H groups in total. The minimum atomic E-state index is -0.914. The summed E-state index contributed by atoms with van der Waals surface area (Å²) >= 11 is 3.32. The van der Waals surface area contributed by atoms with Crippen molar-refractivity contribution in [2.24, 2.45) is 0 Å². The summed E-state index contributed by atoms with van der Waals surface area (Å²) in [5, 5.41) is 5.43. The molecule has 2 rings (SSSR count). The van der Waals surface area contributed by atoms with Gasteiger partial charge in [0.15, 0.2) is 0 Å². The van der Waals surface area contributed by atoms with Crippen molar-refractivity contribution in [3.8, 4) is 0 Å². The zero-order valence-corrected chi connectivity index (χ0v) is 16.2. The lowest BCUT2D eigenvalue weighted by atomic mass is 9.94. The standard InChI is InChI=1S/C18H24BrN3O3/c1-3-4-5-6-11-18(2)16(24)22(17(25)21-18)12-15(23)20-14-9-7-13(19)8-10-14/h7-10H,3-6,11-12H2,1-2H3,(H,20,23)(H,21,25). The van der Waals surface area contributed by atoms with Crippen molar-refractivity contribution in [2.75, 3.05) is 11.9 Å². The Morgan fingerprint density at radius 2 is 1.88 bits per heavy atom. The van der Waals surface area contributed by atoms with E-state index in [0.29, 0.717) is 12.1 Å². The minimum Gasteiger partial charge on any atom is -0.325 e. The minimum absolute atomic E-state index is 0.286. The molecule has 1 atom stereocenters. The van der Waals surface area contributed by atoms with Crippen LogP contribution < -0.4 is 10.6 Å². The first-order valence-corrected chi connectivity index (χ1v) is 9.34. The van der Waals surface area contributed by atoms with E-state index in [-0.39, 0.29) is 12.5 Å². The van der Waals surface area contributed by atoms with Crippen LogP contribution >= 0.6 is 15.9 Å². The molecule has 1 unspecified atom stereocenters. The molecule has 1 saturated heterocycles. The van der Waals surface area contributed by atoms with E-state index in [2.05, 4.69) is 33.5 Å². The van der Waals surface area contributed by atoms with Gasteiger partial charge in [-0.25, -0.2) is 4.79 Å². The predicted octanol–water partition coefficient (Wildman–Crippen LogP) is 3.67. The van der Waals surface area contributed by atoms with Crippen LogP contribution in [-0.2, 0) is 9.59 Å². The molecule has 0 aromatic heterocycles. The maximum atomic E-state index is 12.6. The number of anilines is 1. The lowest BCUT2D eigenvalue weighted by Crippen LogP contribution is -2.44. The van der Waals surface area contributed by atoms with Crippen molar-refractivity contribution in [2.45, 2.75) is 51.5 Å². The van der Waals surface area contributed by atoms with Crippen LogP contribution in [0.15, 0.2) is 28.7 Å². The van der Waals surface area contributed by atoms with E-state index >= 15 is 0 Å². The SMILES string of the molecule is CCCCCCC1(C)NC(=O)N(CC(=O)Nc2ccc(Br)cc2)C1=O. The third-order valence-electron chi connectivity index (χ3n) is 4.31. The molecule has 0 radical (unpaired) electrons. The van der Waals surface area contributed by atoms with Gasteiger partial charge in [0.25, 0.3) is 5.91 Å². The molecule has 1 aromatic carbocycles. The molecule has 0 saturated carbocycles. The molecule has 4 amide bonds. The maximum Gasteiger partial charge on any atom is 0.325 e. The van der Waals surface area contributed by atoms with Gasteiger partial charge in [-0.1, -0.05) is 48.5 Å². The lowest BCUT2D eigenvalue weighted by molar-refractivity contribution is -0.133. The van der Waals surface area contributed by atoms with Crippen LogP contribution in [0.25, 0.3) is 0 Å². The van der Waals surface area contributed by atoms with Crippen LogP contribution in [0, 0.1) is 0 Å². The van der Waals surface area contributed by atoms with Gasteiger partial charge in [-0.05, 0) is 37.6 Å². The molecule has 1 fully saturated rings. The normalized spacial score (nSPS) is 19.9. The van der Waals surface area contributed by atoms with Crippen molar-refractivity contribution < 1.29 is 14.4 Å². The monoisotopic (exact) mass is 409 g/mol. The molecular formula is C18H24BrN3O3. The summed E-state index contributed by atoms with van der Waals surface area (Å²) in [5.74, 6) is -0.735. The highest BCUT2D eigenvalue weighted by Crippen LogP contribution is 2.24. The molecule has 1 aliphatic heterocycles. The zero-order valence-electron chi connectivity index (χ0n) is 14.6. The van der Waals surface area contributed by atoms with Gasteiger partial charge in [0.1, 0.15) is 12.1 Å². The first-order chi connectivity index (χ1) is 11.9. The second-order valence-electron chi connectivity index (χ2n) is 6.52. The number of nitrogens with zero attached hydrogens (tertiary/aromatic N) is 1. The average molecular weight is 410 g/mol. The van der Waals surface area contributed by atoms with Gasteiger partial charge >= 0.3 is 6.03 Å². The number of imide groups is 1. The first-order valence-electron chi connectivity index (χ1n) is 8.55. The number of unbranched alkanes of at least 4 members (excludes halogenated alkanes) is 3. The third-order valence-corrected chi connectivity index (χ3v) is 4.83. The van der Waals surface area contributed by atoms with E-state index in [0.717, 1.165) is 35.1 Å². The van der Waals surface area contributed by atoms with E-state index in [1.807, 2.05) is 0 Å². The number of carbonyl (C=O) groups is 3. The molecular weight excluding hydrogens is 386 g/mol. The topological polar surface area (TPSA) is 78.5 Å². The number of hydrogen-bond donors (Lipinski definition) is 2. The Bertz CT molecular complexity index is 647. The van der Waals surface area contributed by atoms with Gasteiger partial charge in [-0.2, -0.15) is 0 Å². The fraction of sp³-hybridized carbons (Fsp3) is 0.500. The van der Waals surface area contributed by atoms with Crippen LogP contribution in [0.3, 0.4) is 0 Å². The van der Waals surface area contributed by atoms with Gasteiger partial charge in [0, 0.05) is 10.2 Å². The van der Waals surface area contributed by atoms with Crippen LogP contribution in [0.2, 0.25) is 0 Å². The number of halogens is 1. The molecule has 136 valence electrons. The van der Waals surface area contributed by atoms with Crippen LogP contribution in [-0.4, -0.2) is 34.8 Å². The highest BCUT2D eigenvalue weighted by molar-refractivity contribution is 9.10. The van der Waals surface area contributed by atoms with E-state index in [1.165, 1.54) is 0 Å². The smallest absolute Gasteiger partial charge is 0.325 e. The summed E-state index contributed by atoms with van der Waals surface area (Å²) in [5.41, 5.74) is -0.300. The molecule has 7 heteroatoms. The molecule has 0 spiro atoms. The van der Waals surface area contributed by atoms with Crippen molar-refractivity contribution in [1.29, 1.82) is 0 Å². The number of carbonyl (C=O) groups excluding carboxylic acids is 3. The highest BCUT2D eigenvalue weighted by Gasteiger charge is 2.47. The molecule has 1 aliphatic rings. The van der Waals surface area contributed by atoms with Crippen molar-refractivity contribution in [3.63, 3.8) is 0 Å². The predicted molar refractivity (Wildman–Crippen MR) is 100 cm³/mol. The summed E-state index contributed by atoms with van der Waals surface area (Å²) in [6.07, 6.45) is 4.70. The number of nitrogens with one attached hydrogen (secondary N) is 2. The van der Waals surface area contributed by atoms with Crippen LogP contribution in [0.4, 0.5) is 10.5 Å². The molecule has 25 heavy (non-hydrogen) atoms. The van der Waals surface area contributed by atoms with Gasteiger partial charge < -0.3 is 10.6 Å². The van der Waals surface area contributed by atoms with Gasteiger partial charge in [0.2, 0.25) is 5.91 Å². The third kappa shape index (κ3) is 5.04. The summed E-state index contributed by atoms with van der Waals surface area (Å²) < 4.78 is 0.901. The quantitative estimate of drug-likeness (QED) is 0.507. The van der Waals surface area contributed by atoms with Gasteiger partial charge in [-0.3, -0.25) is 14.5 Å². The Morgan fingerprint density at radius 1 is 1.20 bits per heavy atom. The summed E-state index contributed by atoms with van der Waals surface area (Å²) in [4.78, 5) is 37.9. The fourth-order valence-electron chi connectivity index (χ4n) is 2.84. The Hall–Kier alpha value is -1.89. The van der Waals surface area contributed by atoms with Crippen molar-refractivity contribution in [3.05, 3.63) is 28.7 Å². The van der Waals surface area contributed by atoms with Crippen LogP contribution in [0.1, 0.15) is 46.0 Å². The van der Waals surface area contributed by atoms with Crippen molar-refractivity contribution in [1.82, 2.24) is 10.2 Å². The molecule has 0 aliphatic carbocycles. The highest BCUT2D eigenvalue weighted by atomic mass is 79.9. The van der Waals surface area contributed by atoms with E-state index in [4.69, 9.17) is 0 Å². The summed E-state index contributed by atoms with van der Waals surface area (Å²) in [6, 6.07) is 6.58.